The maximum absolute atomic E-state index is 5.63. The highest BCUT2D eigenvalue weighted by Crippen LogP contribution is 2.15. The van der Waals surface area contributed by atoms with E-state index in [1.54, 1.807) is 0 Å². The van der Waals surface area contributed by atoms with Crippen LogP contribution in [0.4, 0.5) is 0 Å². The van der Waals surface area contributed by atoms with Gasteiger partial charge in [-0.2, -0.15) is 0 Å². The van der Waals surface area contributed by atoms with Crippen LogP contribution in [0.2, 0.25) is 0 Å². The van der Waals surface area contributed by atoms with Gasteiger partial charge in [-0.15, -0.1) is 0 Å². The van der Waals surface area contributed by atoms with E-state index in [2.05, 4.69) is 36.0 Å². The zero-order valence-electron chi connectivity index (χ0n) is 12.7. The van der Waals surface area contributed by atoms with Gasteiger partial charge in [0.25, 0.3) is 0 Å². The maximum Gasteiger partial charge on any atom is 0.0547 e. The minimum atomic E-state index is 0.801. The molecule has 3 nitrogen and oxygen atoms in total. The molecule has 0 bridgehead atoms. The molecule has 3 heteroatoms. The van der Waals surface area contributed by atoms with Crippen LogP contribution in [0.3, 0.4) is 0 Å². The number of hydrogen-bond acceptors (Lipinski definition) is 3. The Morgan fingerprint density at radius 2 is 2.11 bits per heavy atom. The minimum absolute atomic E-state index is 0.801. The molecule has 0 spiro atoms. The van der Waals surface area contributed by atoms with E-state index in [0.29, 0.717) is 0 Å². The number of hydrogen-bond donors (Lipinski definition) is 1. The third-order valence-corrected chi connectivity index (χ3v) is 3.68. The summed E-state index contributed by atoms with van der Waals surface area (Å²) in [6.45, 7) is 7.20. The van der Waals surface area contributed by atoms with Gasteiger partial charge in [-0.3, -0.25) is 4.98 Å². The SMILES string of the molecule is CCC(CCN)CCCN(C)Cc1cccc(C)n1. The van der Waals surface area contributed by atoms with E-state index in [1.807, 2.05) is 13.0 Å². The standard InChI is InChI=1S/C16H29N3/c1-4-15(10-11-17)8-6-12-19(3)13-16-9-5-7-14(2)18-16/h5,7,9,15H,4,6,8,10-13,17H2,1-3H3. The molecular weight excluding hydrogens is 234 g/mol. The molecule has 0 aliphatic rings. The fourth-order valence-electron chi connectivity index (χ4n) is 2.48. The Hall–Kier alpha value is -0.930. The lowest BCUT2D eigenvalue weighted by molar-refractivity contribution is 0.297. The van der Waals surface area contributed by atoms with Gasteiger partial charge in [0.2, 0.25) is 0 Å². The summed E-state index contributed by atoms with van der Waals surface area (Å²) < 4.78 is 0. The minimum Gasteiger partial charge on any atom is -0.330 e. The van der Waals surface area contributed by atoms with Gasteiger partial charge in [0, 0.05) is 12.2 Å². The number of rotatable bonds is 9. The summed E-state index contributed by atoms with van der Waals surface area (Å²) in [5.74, 6) is 0.801. The molecule has 1 aromatic heterocycles. The van der Waals surface area contributed by atoms with Crippen LogP contribution in [-0.4, -0.2) is 30.0 Å². The third-order valence-electron chi connectivity index (χ3n) is 3.68. The molecule has 0 saturated carbocycles. The van der Waals surface area contributed by atoms with Gasteiger partial charge in [0.05, 0.1) is 5.69 Å². The Kier molecular flexibility index (Phi) is 7.68. The van der Waals surface area contributed by atoms with Crippen LogP contribution in [0.5, 0.6) is 0 Å². The number of nitrogens with two attached hydrogens (primary N) is 1. The summed E-state index contributed by atoms with van der Waals surface area (Å²) in [4.78, 5) is 6.90. The second-order valence-electron chi connectivity index (χ2n) is 5.50. The highest BCUT2D eigenvalue weighted by atomic mass is 15.1. The van der Waals surface area contributed by atoms with Crippen LogP contribution in [0, 0.1) is 12.8 Å². The second-order valence-corrected chi connectivity index (χ2v) is 5.50. The molecule has 1 aromatic rings. The number of aromatic nitrogens is 1. The summed E-state index contributed by atoms with van der Waals surface area (Å²) in [7, 11) is 2.17. The lowest BCUT2D eigenvalue weighted by atomic mass is 9.96. The van der Waals surface area contributed by atoms with Crippen LogP contribution in [0.15, 0.2) is 18.2 Å². The molecule has 0 radical (unpaired) electrons. The summed E-state index contributed by atoms with van der Waals surface area (Å²) in [5, 5.41) is 0. The van der Waals surface area contributed by atoms with Crippen molar-refractivity contribution in [2.45, 2.75) is 46.1 Å². The van der Waals surface area contributed by atoms with Gasteiger partial charge in [-0.1, -0.05) is 19.4 Å². The van der Waals surface area contributed by atoms with Gasteiger partial charge in [-0.05, 0) is 64.4 Å². The molecule has 19 heavy (non-hydrogen) atoms. The Morgan fingerprint density at radius 3 is 2.74 bits per heavy atom. The Labute approximate surface area is 118 Å². The van der Waals surface area contributed by atoms with Crippen LogP contribution >= 0.6 is 0 Å². The highest BCUT2D eigenvalue weighted by molar-refractivity contribution is 5.09. The van der Waals surface area contributed by atoms with Crippen molar-refractivity contribution >= 4 is 0 Å². The average Bonchev–Trinajstić information content (AvgIpc) is 2.37. The molecule has 0 aromatic carbocycles. The summed E-state index contributed by atoms with van der Waals surface area (Å²) >= 11 is 0. The first-order chi connectivity index (χ1) is 9.15. The second kappa shape index (κ2) is 9.05. The first-order valence-electron chi connectivity index (χ1n) is 7.46. The van der Waals surface area contributed by atoms with Crippen molar-refractivity contribution in [2.75, 3.05) is 20.1 Å². The van der Waals surface area contributed by atoms with Crippen LogP contribution in [-0.2, 0) is 6.54 Å². The molecular formula is C16H29N3. The van der Waals surface area contributed by atoms with Gasteiger partial charge >= 0.3 is 0 Å². The first-order valence-corrected chi connectivity index (χ1v) is 7.46. The lowest BCUT2D eigenvalue weighted by Gasteiger charge is -2.18. The van der Waals surface area contributed by atoms with E-state index < -0.39 is 0 Å². The third kappa shape index (κ3) is 6.69. The topological polar surface area (TPSA) is 42.1 Å². The normalized spacial score (nSPS) is 12.9. The molecule has 1 unspecified atom stereocenters. The molecule has 0 amide bonds. The van der Waals surface area contributed by atoms with Crippen molar-refractivity contribution in [3.63, 3.8) is 0 Å². The molecule has 0 fully saturated rings. The number of pyridine rings is 1. The summed E-state index contributed by atoms with van der Waals surface area (Å²) in [5.41, 5.74) is 7.89. The molecule has 2 N–H and O–H groups in total. The molecule has 1 heterocycles. The molecule has 1 atom stereocenters. The van der Waals surface area contributed by atoms with Gasteiger partial charge < -0.3 is 10.6 Å². The van der Waals surface area contributed by atoms with E-state index in [0.717, 1.165) is 36.9 Å². The molecule has 1 rings (SSSR count). The van der Waals surface area contributed by atoms with Crippen molar-refractivity contribution < 1.29 is 0 Å². The monoisotopic (exact) mass is 263 g/mol. The van der Waals surface area contributed by atoms with E-state index in [4.69, 9.17) is 5.73 Å². The first kappa shape index (κ1) is 16.1. The lowest BCUT2D eigenvalue weighted by Crippen LogP contribution is -2.20. The van der Waals surface area contributed by atoms with E-state index >= 15 is 0 Å². The van der Waals surface area contributed by atoms with Gasteiger partial charge in [-0.25, -0.2) is 0 Å². The van der Waals surface area contributed by atoms with E-state index in [1.165, 1.54) is 25.7 Å². The Morgan fingerprint density at radius 1 is 1.32 bits per heavy atom. The van der Waals surface area contributed by atoms with Crippen molar-refractivity contribution in [2.24, 2.45) is 11.7 Å². The average molecular weight is 263 g/mol. The number of nitrogens with zero attached hydrogens (tertiary/aromatic N) is 2. The van der Waals surface area contributed by atoms with Gasteiger partial charge in [0.1, 0.15) is 0 Å². The van der Waals surface area contributed by atoms with Crippen molar-refractivity contribution in [3.8, 4) is 0 Å². The summed E-state index contributed by atoms with van der Waals surface area (Å²) in [6, 6.07) is 6.23. The Balaban J connectivity index is 2.26. The maximum atomic E-state index is 5.63. The van der Waals surface area contributed by atoms with E-state index in [9.17, 15) is 0 Å². The predicted molar refractivity (Wildman–Crippen MR) is 82.0 cm³/mol. The Bertz CT molecular complexity index is 352. The largest absolute Gasteiger partial charge is 0.330 e. The predicted octanol–water partition coefficient (Wildman–Crippen LogP) is 2.98. The molecule has 108 valence electrons. The highest BCUT2D eigenvalue weighted by Gasteiger charge is 2.07. The van der Waals surface area contributed by atoms with Gasteiger partial charge in [0.15, 0.2) is 0 Å². The fraction of sp³-hybridized carbons (Fsp3) is 0.688. The van der Waals surface area contributed by atoms with Crippen molar-refractivity contribution in [3.05, 3.63) is 29.6 Å². The van der Waals surface area contributed by atoms with Crippen LogP contribution in [0.25, 0.3) is 0 Å². The summed E-state index contributed by atoms with van der Waals surface area (Å²) in [6.07, 6.45) is 4.96. The van der Waals surface area contributed by atoms with Crippen LogP contribution in [0.1, 0.15) is 44.0 Å². The molecule has 0 aliphatic heterocycles. The fourth-order valence-corrected chi connectivity index (χ4v) is 2.48. The zero-order valence-corrected chi connectivity index (χ0v) is 12.7. The zero-order chi connectivity index (χ0) is 14.1. The van der Waals surface area contributed by atoms with Crippen molar-refractivity contribution in [1.29, 1.82) is 0 Å². The van der Waals surface area contributed by atoms with Crippen LogP contribution < -0.4 is 5.73 Å². The molecule has 0 saturated heterocycles. The van der Waals surface area contributed by atoms with E-state index in [-0.39, 0.29) is 0 Å². The molecule has 0 aliphatic carbocycles. The quantitative estimate of drug-likeness (QED) is 0.745. The smallest absolute Gasteiger partial charge is 0.0547 e. The number of aryl methyl sites for hydroxylation is 1. The van der Waals surface area contributed by atoms with Crippen molar-refractivity contribution in [1.82, 2.24) is 9.88 Å².